The number of aldehydes is 1. The van der Waals surface area contributed by atoms with Crippen LogP contribution in [-0.4, -0.2) is 29.6 Å². The third kappa shape index (κ3) is 4.30. The summed E-state index contributed by atoms with van der Waals surface area (Å²) in [6.07, 6.45) is 7.61. The molecular weight excluding hydrogens is 184 g/mol. The highest BCUT2D eigenvalue weighted by Crippen LogP contribution is 2.00. The van der Waals surface area contributed by atoms with Crippen LogP contribution in [0.4, 0.5) is 0 Å². The number of carbonyl (C=O) groups excluding carboxylic acids is 2. The van der Waals surface area contributed by atoms with Crippen molar-refractivity contribution in [3.8, 4) is 24.7 Å². The number of carbonyl (C=O) groups is 2. The predicted molar refractivity (Wildman–Crippen MR) is 48.9 cm³/mol. The lowest BCUT2D eigenvalue weighted by Crippen LogP contribution is -2.28. The molecule has 2 atom stereocenters. The van der Waals surface area contributed by atoms with Gasteiger partial charge in [-0.3, -0.25) is 4.79 Å². The number of ether oxygens (including phenoxy) is 1. The number of aliphatic hydroxyl groups excluding tert-OH is 1. The van der Waals surface area contributed by atoms with E-state index in [-0.39, 0.29) is 12.8 Å². The minimum Gasteiger partial charge on any atom is -0.452 e. The van der Waals surface area contributed by atoms with Gasteiger partial charge in [-0.15, -0.1) is 24.7 Å². The second kappa shape index (κ2) is 6.71. The molecule has 0 aliphatic heterocycles. The molecule has 0 aliphatic rings. The number of rotatable bonds is 5. The summed E-state index contributed by atoms with van der Waals surface area (Å²) in [6.45, 7) is 0. The molecule has 0 saturated carbocycles. The average Bonchev–Trinajstić information content (AvgIpc) is 2.17. The van der Waals surface area contributed by atoms with Crippen LogP contribution < -0.4 is 0 Å². The minimum absolute atomic E-state index is 0.0159. The Morgan fingerprint density at radius 2 is 2.00 bits per heavy atom. The standard InChI is InChI=1S/C10H10O4/c1-3-5-8(7-11)14-10(13)9(12)6-4-2/h1-2,7-9,12H,5-6H2. The van der Waals surface area contributed by atoms with E-state index >= 15 is 0 Å². The highest BCUT2D eigenvalue weighted by Gasteiger charge is 2.19. The lowest BCUT2D eigenvalue weighted by atomic mass is 10.2. The van der Waals surface area contributed by atoms with Crippen LogP contribution in [0.15, 0.2) is 0 Å². The molecule has 1 N–H and O–H groups in total. The van der Waals surface area contributed by atoms with E-state index in [1.165, 1.54) is 0 Å². The van der Waals surface area contributed by atoms with Gasteiger partial charge in [0, 0.05) is 6.42 Å². The van der Waals surface area contributed by atoms with Gasteiger partial charge in [0.2, 0.25) is 0 Å². The molecule has 14 heavy (non-hydrogen) atoms. The van der Waals surface area contributed by atoms with Gasteiger partial charge in [0.15, 0.2) is 18.5 Å². The Labute approximate surface area is 82.3 Å². The molecule has 0 aliphatic carbocycles. The van der Waals surface area contributed by atoms with E-state index in [0.29, 0.717) is 6.29 Å². The smallest absolute Gasteiger partial charge is 0.336 e. The van der Waals surface area contributed by atoms with Gasteiger partial charge in [-0.05, 0) is 0 Å². The summed E-state index contributed by atoms with van der Waals surface area (Å²) >= 11 is 0. The van der Waals surface area contributed by atoms with E-state index in [1.807, 2.05) is 0 Å². The zero-order chi connectivity index (χ0) is 11.0. The van der Waals surface area contributed by atoms with E-state index in [4.69, 9.17) is 18.0 Å². The molecule has 0 bridgehead atoms. The average molecular weight is 194 g/mol. The summed E-state index contributed by atoms with van der Waals surface area (Å²) in [5.74, 6) is 3.32. The van der Waals surface area contributed by atoms with Crippen molar-refractivity contribution in [2.24, 2.45) is 0 Å². The predicted octanol–water partition coefficient (Wildman–Crippen LogP) is -0.495. The molecule has 4 nitrogen and oxygen atoms in total. The maximum absolute atomic E-state index is 11.0. The fourth-order valence-corrected chi connectivity index (χ4v) is 0.656. The molecule has 4 heteroatoms. The minimum atomic E-state index is -1.40. The molecule has 0 heterocycles. The first kappa shape index (κ1) is 12.2. The Morgan fingerprint density at radius 3 is 2.43 bits per heavy atom. The molecular formula is C10H10O4. The first-order chi connectivity index (χ1) is 6.65. The molecule has 0 aromatic heterocycles. The summed E-state index contributed by atoms with van der Waals surface area (Å²) in [6, 6.07) is 0. The van der Waals surface area contributed by atoms with Crippen LogP contribution >= 0.6 is 0 Å². The number of hydrogen-bond acceptors (Lipinski definition) is 4. The van der Waals surface area contributed by atoms with Gasteiger partial charge in [-0.1, -0.05) is 0 Å². The summed E-state index contributed by atoms with van der Waals surface area (Å²) in [5.41, 5.74) is 0. The zero-order valence-electron chi connectivity index (χ0n) is 7.47. The lowest BCUT2D eigenvalue weighted by Gasteiger charge is -2.11. The molecule has 0 rings (SSSR count). The van der Waals surface area contributed by atoms with Crippen molar-refractivity contribution < 1.29 is 19.4 Å². The van der Waals surface area contributed by atoms with Gasteiger partial charge >= 0.3 is 5.97 Å². The van der Waals surface area contributed by atoms with Gasteiger partial charge in [-0.2, -0.15) is 0 Å². The highest BCUT2D eigenvalue weighted by atomic mass is 16.6. The van der Waals surface area contributed by atoms with E-state index in [9.17, 15) is 9.59 Å². The van der Waals surface area contributed by atoms with Gasteiger partial charge in [-0.25, -0.2) is 4.79 Å². The summed E-state index contributed by atoms with van der Waals surface area (Å²) in [5, 5.41) is 9.05. The highest BCUT2D eigenvalue weighted by molar-refractivity contribution is 5.77. The van der Waals surface area contributed by atoms with Crippen molar-refractivity contribution in [2.45, 2.75) is 25.0 Å². The Kier molecular flexibility index (Phi) is 5.85. The lowest BCUT2D eigenvalue weighted by molar-refractivity contribution is -0.160. The SMILES string of the molecule is C#CCC(C=O)OC(=O)C(O)CC#C. The normalized spacial score (nSPS) is 13.1. The number of esters is 1. The fraction of sp³-hybridized carbons (Fsp3) is 0.400. The fourth-order valence-electron chi connectivity index (χ4n) is 0.656. The molecule has 2 unspecified atom stereocenters. The van der Waals surface area contributed by atoms with Crippen LogP contribution in [0.3, 0.4) is 0 Å². The van der Waals surface area contributed by atoms with Crippen molar-refractivity contribution in [3.63, 3.8) is 0 Å². The first-order valence-corrected chi connectivity index (χ1v) is 3.86. The van der Waals surface area contributed by atoms with Gasteiger partial charge < -0.3 is 9.84 Å². The third-order valence-electron chi connectivity index (χ3n) is 1.32. The Balaban J connectivity index is 4.10. The monoisotopic (exact) mass is 194 g/mol. The van der Waals surface area contributed by atoms with Crippen molar-refractivity contribution in [1.82, 2.24) is 0 Å². The van der Waals surface area contributed by atoms with Crippen LogP contribution in [0.25, 0.3) is 0 Å². The summed E-state index contributed by atoms with van der Waals surface area (Å²) in [4.78, 5) is 21.3. The molecule has 0 radical (unpaired) electrons. The van der Waals surface area contributed by atoms with E-state index in [2.05, 4.69) is 16.6 Å². The molecule has 0 fully saturated rings. The van der Waals surface area contributed by atoms with Crippen molar-refractivity contribution in [3.05, 3.63) is 0 Å². The Morgan fingerprint density at radius 1 is 1.43 bits per heavy atom. The van der Waals surface area contributed by atoms with Gasteiger partial charge in [0.05, 0.1) is 6.42 Å². The van der Waals surface area contributed by atoms with E-state index in [1.54, 1.807) is 0 Å². The van der Waals surface area contributed by atoms with Crippen molar-refractivity contribution in [2.75, 3.05) is 0 Å². The molecule has 0 spiro atoms. The second-order valence-electron chi connectivity index (χ2n) is 2.44. The third-order valence-corrected chi connectivity index (χ3v) is 1.32. The van der Waals surface area contributed by atoms with Crippen LogP contribution in [0.2, 0.25) is 0 Å². The zero-order valence-corrected chi connectivity index (χ0v) is 7.47. The quantitative estimate of drug-likeness (QED) is 0.364. The topological polar surface area (TPSA) is 63.6 Å². The molecule has 74 valence electrons. The second-order valence-corrected chi connectivity index (χ2v) is 2.44. The summed E-state index contributed by atoms with van der Waals surface area (Å²) in [7, 11) is 0. The van der Waals surface area contributed by atoms with Crippen LogP contribution in [0, 0.1) is 24.7 Å². The van der Waals surface area contributed by atoms with Gasteiger partial charge in [0.25, 0.3) is 0 Å². The molecule has 0 aromatic rings. The molecule has 0 amide bonds. The Bertz CT molecular complexity index is 281. The molecule has 0 saturated heterocycles. The van der Waals surface area contributed by atoms with Gasteiger partial charge in [0.1, 0.15) is 0 Å². The van der Waals surface area contributed by atoms with Crippen molar-refractivity contribution in [1.29, 1.82) is 0 Å². The number of terminal acetylenes is 2. The maximum atomic E-state index is 11.0. The molecule has 0 aromatic carbocycles. The van der Waals surface area contributed by atoms with Crippen LogP contribution in [0.5, 0.6) is 0 Å². The van der Waals surface area contributed by atoms with E-state index in [0.717, 1.165) is 0 Å². The number of aliphatic hydroxyl groups is 1. The maximum Gasteiger partial charge on any atom is 0.336 e. The first-order valence-electron chi connectivity index (χ1n) is 3.86. The number of hydrogen-bond donors (Lipinski definition) is 1. The van der Waals surface area contributed by atoms with Crippen LogP contribution in [0.1, 0.15) is 12.8 Å². The van der Waals surface area contributed by atoms with Crippen molar-refractivity contribution >= 4 is 12.3 Å². The summed E-state index contributed by atoms with van der Waals surface area (Å²) < 4.78 is 4.56. The largest absolute Gasteiger partial charge is 0.452 e. The Hall–Kier alpha value is -1.78. The van der Waals surface area contributed by atoms with Crippen LogP contribution in [-0.2, 0) is 14.3 Å². The van der Waals surface area contributed by atoms with E-state index < -0.39 is 18.2 Å².